The maximum Gasteiger partial charge on any atom is 0.150 e. The van der Waals surface area contributed by atoms with Crippen molar-refractivity contribution in [1.29, 1.82) is 0 Å². The minimum atomic E-state index is -3.02. The lowest BCUT2D eigenvalue weighted by molar-refractivity contribution is 0.183. The average Bonchev–Trinajstić information content (AvgIpc) is 2.27. The first-order valence-corrected chi connectivity index (χ1v) is 7.92. The van der Waals surface area contributed by atoms with Crippen LogP contribution in [-0.4, -0.2) is 39.2 Å². The number of nitrogens with one attached hydrogen (secondary N) is 1. The second kappa shape index (κ2) is 6.55. The summed E-state index contributed by atoms with van der Waals surface area (Å²) in [5.41, 5.74) is 0. The first kappa shape index (κ1) is 13.9. The van der Waals surface area contributed by atoms with E-state index in [4.69, 9.17) is 0 Å². The van der Waals surface area contributed by atoms with Crippen LogP contribution in [0.15, 0.2) is 0 Å². The maximum absolute atomic E-state index is 13.8. The highest BCUT2D eigenvalue weighted by molar-refractivity contribution is 7.91. The van der Waals surface area contributed by atoms with E-state index in [-0.39, 0.29) is 23.8 Å². The molecule has 1 N–H and O–H groups in total. The van der Waals surface area contributed by atoms with Gasteiger partial charge in [0, 0.05) is 5.75 Å². The van der Waals surface area contributed by atoms with Crippen molar-refractivity contribution >= 4 is 9.84 Å². The van der Waals surface area contributed by atoms with Crippen LogP contribution < -0.4 is 5.32 Å². The largest absolute Gasteiger partial charge is 0.317 e. The fourth-order valence-electron chi connectivity index (χ4n) is 2.15. The van der Waals surface area contributed by atoms with E-state index in [1.165, 1.54) is 0 Å². The minimum absolute atomic E-state index is 0.00589. The molecule has 0 amide bonds. The standard InChI is InChI=1S/C11H22FNO2S/c1-2-8-16(14,15)9-5-11(12)10-3-6-13-7-4-10/h10-11,13H,2-9H2,1H3. The second-order valence-electron chi connectivity index (χ2n) is 4.54. The lowest BCUT2D eigenvalue weighted by Crippen LogP contribution is -2.33. The number of hydrogen-bond donors (Lipinski definition) is 1. The van der Waals surface area contributed by atoms with Gasteiger partial charge in [-0.2, -0.15) is 0 Å². The molecule has 1 aliphatic heterocycles. The van der Waals surface area contributed by atoms with Gasteiger partial charge in [0.1, 0.15) is 16.0 Å². The van der Waals surface area contributed by atoms with Gasteiger partial charge < -0.3 is 5.32 Å². The smallest absolute Gasteiger partial charge is 0.150 e. The summed E-state index contributed by atoms with van der Waals surface area (Å²) in [6, 6.07) is 0. The highest BCUT2D eigenvalue weighted by Gasteiger charge is 2.24. The molecule has 96 valence electrons. The zero-order valence-electron chi connectivity index (χ0n) is 9.91. The summed E-state index contributed by atoms with van der Waals surface area (Å²) in [6.07, 6.45) is 1.50. The first-order valence-electron chi connectivity index (χ1n) is 6.10. The predicted molar refractivity (Wildman–Crippen MR) is 64.1 cm³/mol. The van der Waals surface area contributed by atoms with Crippen LogP contribution in [-0.2, 0) is 9.84 Å². The van der Waals surface area contributed by atoms with Crippen LogP contribution >= 0.6 is 0 Å². The number of hydrogen-bond acceptors (Lipinski definition) is 3. The monoisotopic (exact) mass is 251 g/mol. The van der Waals surface area contributed by atoms with Gasteiger partial charge >= 0.3 is 0 Å². The number of rotatable bonds is 6. The molecule has 1 rings (SSSR count). The van der Waals surface area contributed by atoms with E-state index in [1.807, 2.05) is 6.92 Å². The SMILES string of the molecule is CCCS(=O)(=O)CCC(F)C1CCNCC1. The predicted octanol–water partition coefficient (Wildman–Crippen LogP) is 1.54. The summed E-state index contributed by atoms with van der Waals surface area (Å²) >= 11 is 0. The molecule has 16 heavy (non-hydrogen) atoms. The van der Waals surface area contributed by atoms with E-state index in [2.05, 4.69) is 5.32 Å². The molecule has 1 fully saturated rings. The maximum atomic E-state index is 13.8. The van der Waals surface area contributed by atoms with Crippen molar-refractivity contribution in [3.05, 3.63) is 0 Å². The molecule has 0 spiro atoms. The molecule has 0 saturated carbocycles. The van der Waals surface area contributed by atoms with Crippen molar-refractivity contribution in [2.24, 2.45) is 5.92 Å². The molecule has 0 aromatic rings. The summed E-state index contributed by atoms with van der Waals surface area (Å²) in [7, 11) is -3.02. The normalized spacial score (nSPS) is 20.9. The van der Waals surface area contributed by atoms with Crippen molar-refractivity contribution in [3.8, 4) is 0 Å². The first-order chi connectivity index (χ1) is 7.55. The summed E-state index contributed by atoms with van der Waals surface area (Å²) < 4.78 is 36.6. The molecule has 1 heterocycles. The molecule has 1 aliphatic rings. The second-order valence-corrected chi connectivity index (χ2v) is 6.85. The average molecular weight is 251 g/mol. The Bertz CT molecular complexity index is 286. The van der Waals surface area contributed by atoms with Gasteiger partial charge in [-0.15, -0.1) is 0 Å². The van der Waals surface area contributed by atoms with Gasteiger partial charge in [-0.25, -0.2) is 12.8 Å². The lowest BCUT2D eigenvalue weighted by atomic mass is 9.92. The topological polar surface area (TPSA) is 46.2 Å². The molecule has 0 bridgehead atoms. The van der Waals surface area contributed by atoms with Gasteiger partial charge in [0.15, 0.2) is 0 Å². The van der Waals surface area contributed by atoms with Crippen LogP contribution in [0.3, 0.4) is 0 Å². The zero-order valence-corrected chi connectivity index (χ0v) is 10.7. The van der Waals surface area contributed by atoms with Crippen molar-refractivity contribution in [1.82, 2.24) is 5.32 Å². The summed E-state index contributed by atoms with van der Waals surface area (Å²) in [5, 5.41) is 3.18. The fourth-order valence-corrected chi connectivity index (χ4v) is 3.56. The summed E-state index contributed by atoms with van der Waals surface area (Å²) in [4.78, 5) is 0. The van der Waals surface area contributed by atoms with Crippen LogP contribution in [0.5, 0.6) is 0 Å². The third-order valence-corrected chi connectivity index (χ3v) is 5.00. The Labute approximate surface area is 97.7 Å². The van der Waals surface area contributed by atoms with Crippen molar-refractivity contribution in [2.45, 2.75) is 38.8 Å². The fraction of sp³-hybridized carbons (Fsp3) is 1.00. The molecule has 1 unspecified atom stereocenters. The molecular formula is C11H22FNO2S. The van der Waals surface area contributed by atoms with Gasteiger partial charge in [0.2, 0.25) is 0 Å². The lowest BCUT2D eigenvalue weighted by Gasteiger charge is -2.25. The van der Waals surface area contributed by atoms with E-state index < -0.39 is 16.0 Å². The number of alkyl halides is 1. The van der Waals surface area contributed by atoms with Crippen LogP contribution in [0.1, 0.15) is 32.6 Å². The van der Waals surface area contributed by atoms with Gasteiger partial charge in [0.05, 0.1) is 5.75 Å². The molecule has 1 atom stereocenters. The van der Waals surface area contributed by atoms with E-state index in [0.717, 1.165) is 25.9 Å². The van der Waals surface area contributed by atoms with E-state index >= 15 is 0 Å². The summed E-state index contributed by atoms with van der Waals surface area (Å²) in [6.45, 7) is 3.54. The van der Waals surface area contributed by atoms with Gasteiger partial charge in [-0.05, 0) is 44.7 Å². The Kier molecular flexibility index (Phi) is 5.69. The highest BCUT2D eigenvalue weighted by Crippen LogP contribution is 2.22. The summed E-state index contributed by atoms with van der Waals surface area (Å²) in [5.74, 6) is 0.246. The number of piperidine rings is 1. The Morgan fingerprint density at radius 3 is 2.50 bits per heavy atom. The molecule has 5 heteroatoms. The molecular weight excluding hydrogens is 229 g/mol. The minimum Gasteiger partial charge on any atom is -0.317 e. The van der Waals surface area contributed by atoms with E-state index in [9.17, 15) is 12.8 Å². The van der Waals surface area contributed by atoms with Crippen LogP contribution in [0.4, 0.5) is 4.39 Å². The Morgan fingerprint density at radius 2 is 1.94 bits per heavy atom. The van der Waals surface area contributed by atoms with Crippen molar-refractivity contribution in [3.63, 3.8) is 0 Å². The van der Waals surface area contributed by atoms with Crippen LogP contribution in [0, 0.1) is 5.92 Å². The van der Waals surface area contributed by atoms with Gasteiger partial charge in [0.25, 0.3) is 0 Å². The Morgan fingerprint density at radius 1 is 1.31 bits per heavy atom. The van der Waals surface area contributed by atoms with Gasteiger partial charge in [-0.1, -0.05) is 6.92 Å². The third kappa shape index (κ3) is 4.78. The number of halogens is 1. The van der Waals surface area contributed by atoms with E-state index in [0.29, 0.717) is 6.42 Å². The zero-order chi connectivity index (χ0) is 12.0. The molecule has 0 aromatic heterocycles. The molecule has 0 aromatic carbocycles. The van der Waals surface area contributed by atoms with Crippen LogP contribution in [0.25, 0.3) is 0 Å². The molecule has 1 saturated heterocycles. The number of sulfone groups is 1. The van der Waals surface area contributed by atoms with E-state index in [1.54, 1.807) is 0 Å². The van der Waals surface area contributed by atoms with Crippen LogP contribution in [0.2, 0.25) is 0 Å². The Hall–Kier alpha value is -0.160. The molecule has 0 aliphatic carbocycles. The van der Waals surface area contributed by atoms with Gasteiger partial charge in [-0.3, -0.25) is 0 Å². The third-order valence-electron chi connectivity index (χ3n) is 3.12. The Balaban J connectivity index is 2.31. The molecule has 3 nitrogen and oxygen atoms in total. The molecule has 0 radical (unpaired) electrons. The van der Waals surface area contributed by atoms with Crippen molar-refractivity contribution < 1.29 is 12.8 Å². The van der Waals surface area contributed by atoms with Crippen molar-refractivity contribution in [2.75, 3.05) is 24.6 Å². The highest BCUT2D eigenvalue weighted by atomic mass is 32.2. The quantitative estimate of drug-likeness (QED) is 0.779.